The van der Waals surface area contributed by atoms with Crippen LogP contribution in [0.15, 0.2) is 24.4 Å². The first-order chi connectivity index (χ1) is 8.99. The highest BCUT2D eigenvalue weighted by Gasteiger charge is 2.07. The summed E-state index contributed by atoms with van der Waals surface area (Å²) in [5.74, 6) is 0. The summed E-state index contributed by atoms with van der Waals surface area (Å²) < 4.78 is 0. The number of benzene rings is 1. The van der Waals surface area contributed by atoms with Crippen molar-refractivity contribution in [2.45, 2.75) is 34.2 Å². The predicted octanol–water partition coefficient (Wildman–Crippen LogP) is 4.58. The molecule has 0 bridgehead atoms. The van der Waals surface area contributed by atoms with Crippen molar-refractivity contribution < 1.29 is 0 Å². The van der Waals surface area contributed by atoms with Gasteiger partial charge in [0.1, 0.15) is 0 Å². The lowest BCUT2D eigenvalue weighted by Gasteiger charge is -2.15. The fourth-order valence-corrected chi connectivity index (χ4v) is 2.68. The van der Waals surface area contributed by atoms with Crippen LogP contribution in [0.5, 0.6) is 0 Å². The Morgan fingerprint density at radius 2 is 1.68 bits per heavy atom. The highest BCUT2D eigenvalue weighted by atomic mass is 35.5. The highest BCUT2D eigenvalue weighted by Crippen LogP contribution is 2.25. The van der Waals surface area contributed by atoms with Gasteiger partial charge in [-0.1, -0.05) is 29.3 Å². The Hall–Kier alpha value is -1.54. The minimum absolute atomic E-state index is 0.530. The van der Waals surface area contributed by atoms with Crippen LogP contribution in [-0.4, -0.2) is 4.98 Å². The van der Waals surface area contributed by atoms with Crippen molar-refractivity contribution in [2.75, 3.05) is 5.32 Å². The molecule has 0 amide bonds. The van der Waals surface area contributed by atoms with E-state index in [-0.39, 0.29) is 0 Å². The van der Waals surface area contributed by atoms with Crippen LogP contribution in [0, 0.1) is 27.7 Å². The minimum Gasteiger partial charge on any atom is -0.378 e. The summed E-state index contributed by atoms with van der Waals surface area (Å²) in [6, 6.07) is 6.38. The van der Waals surface area contributed by atoms with Crippen LogP contribution < -0.4 is 5.32 Å². The zero-order chi connectivity index (χ0) is 14.0. The maximum atomic E-state index is 6.13. The molecule has 2 rings (SSSR count). The number of halogens is 1. The Labute approximate surface area is 119 Å². The van der Waals surface area contributed by atoms with Gasteiger partial charge in [-0.2, -0.15) is 0 Å². The van der Waals surface area contributed by atoms with Gasteiger partial charge >= 0.3 is 0 Å². The molecule has 1 aromatic carbocycles. The van der Waals surface area contributed by atoms with Crippen molar-refractivity contribution in [3.05, 3.63) is 57.4 Å². The first-order valence-corrected chi connectivity index (χ1v) is 6.78. The van der Waals surface area contributed by atoms with E-state index >= 15 is 0 Å². The van der Waals surface area contributed by atoms with E-state index in [1.807, 2.05) is 13.0 Å². The second kappa shape index (κ2) is 5.62. The van der Waals surface area contributed by atoms with Gasteiger partial charge in [-0.05, 0) is 56.0 Å². The number of anilines is 1. The monoisotopic (exact) mass is 274 g/mol. The molecule has 0 aliphatic carbocycles. The smallest absolute Gasteiger partial charge is 0.152 e. The van der Waals surface area contributed by atoms with Gasteiger partial charge in [0.15, 0.2) is 5.15 Å². The van der Waals surface area contributed by atoms with Gasteiger partial charge < -0.3 is 5.32 Å². The van der Waals surface area contributed by atoms with Crippen molar-refractivity contribution in [3.63, 3.8) is 0 Å². The normalized spacial score (nSPS) is 10.6. The van der Waals surface area contributed by atoms with E-state index in [1.54, 1.807) is 6.20 Å². The number of nitrogens with zero attached hydrogens (tertiary/aromatic N) is 1. The summed E-state index contributed by atoms with van der Waals surface area (Å²) in [5.41, 5.74) is 7.27. The lowest BCUT2D eigenvalue weighted by molar-refractivity contribution is 1.07. The van der Waals surface area contributed by atoms with E-state index in [0.717, 1.165) is 17.8 Å². The van der Waals surface area contributed by atoms with Crippen LogP contribution in [0.2, 0.25) is 5.15 Å². The van der Waals surface area contributed by atoms with Crippen molar-refractivity contribution in [1.29, 1.82) is 0 Å². The molecule has 0 spiro atoms. The lowest BCUT2D eigenvalue weighted by atomic mass is 10.00. The van der Waals surface area contributed by atoms with E-state index in [4.69, 9.17) is 11.6 Å². The van der Waals surface area contributed by atoms with Gasteiger partial charge in [0.05, 0.1) is 5.69 Å². The van der Waals surface area contributed by atoms with Crippen molar-refractivity contribution in [3.8, 4) is 0 Å². The van der Waals surface area contributed by atoms with Crippen LogP contribution in [0.4, 0.5) is 5.69 Å². The van der Waals surface area contributed by atoms with Gasteiger partial charge in [0, 0.05) is 12.7 Å². The molecule has 0 atom stereocenters. The second-order valence-corrected chi connectivity index (χ2v) is 5.38. The molecular weight excluding hydrogens is 256 g/mol. The molecule has 0 radical (unpaired) electrons. The number of pyridine rings is 1. The van der Waals surface area contributed by atoms with E-state index in [9.17, 15) is 0 Å². The molecule has 0 aliphatic rings. The third kappa shape index (κ3) is 3.07. The van der Waals surface area contributed by atoms with Crippen LogP contribution in [0.25, 0.3) is 0 Å². The molecule has 19 heavy (non-hydrogen) atoms. The SMILES string of the molecule is Cc1cc(C)c(CNc2c(C)ccnc2Cl)c(C)c1. The number of nitrogens with one attached hydrogen (secondary N) is 1. The van der Waals surface area contributed by atoms with Crippen molar-refractivity contribution in [1.82, 2.24) is 4.98 Å². The number of aromatic nitrogens is 1. The van der Waals surface area contributed by atoms with Crippen LogP contribution in [0.3, 0.4) is 0 Å². The zero-order valence-corrected chi connectivity index (χ0v) is 12.6. The molecule has 1 aromatic heterocycles. The average Bonchev–Trinajstić information content (AvgIpc) is 2.31. The molecule has 0 fully saturated rings. The molecule has 2 nitrogen and oxygen atoms in total. The average molecular weight is 275 g/mol. The molecule has 3 heteroatoms. The zero-order valence-electron chi connectivity index (χ0n) is 11.8. The Kier molecular flexibility index (Phi) is 4.11. The molecule has 0 saturated heterocycles. The second-order valence-electron chi connectivity index (χ2n) is 5.02. The predicted molar refractivity (Wildman–Crippen MR) is 82.0 cm³/mol. The fourth-order valence-electron chi connectivity index (χ4n) is 2.40. The Balaban J connectivity index is 2.24. The fraction of sp³-hybridized carbons (Fsp3) is 0.312. The standard InChI is InChI=1S/C16H19ClN2/c1-10-7-12(3)14(13(4)8-10)9-19-15-11(2)5-6-18-16(15)17/h5-8,19H,9H2,1-4H3. The summed E-state index contributed by atoms with van der Waals surface area (Å²) >= 11 is 6.13. The molecule has 100 valence electrons. The quantitative estimate of drug-likeness (QED) is 0.829. The minimum atomic E-state index is 0.530. The maximum Gasteiger partial charge on any atom is 0.152 e. The first-order valence-electron chi connectivity index (χ1n) is 6.40. The molecule has 2 aromatic rings. The summed E-state index contributed by atoms with van der Waals surface area (Å²) in [4.78, 5) is 4.11. The van der Waals surface area contributed by atoms with Gasteiger partial charge in [-0.15, -0.1) is 0 Å². The summed E-state index contributed by atoms with van der Waals surface area (Å²) in [5, 5.41) is 3.93. The largest absolute Gasteiger partial charge is 0.378 e. The Bertz CT molecular complexity index is 562. The van der Waals surface area contributed by atoms with Crippen molar-refractivity contribution >= 4 is 17.3 Å². The van der Waals surface area contributed by atoms with E-state index < -0.39 is 0 Å². The van der Waals surface area contributed by atoms with E-state index in [0.29, 0.717) is 5.15 Å². The molecular formula is C16H19ClN2. The van der Waals surface area contributed by atoms with Crippen LogP contribution in [-0.2, 0) is 6.54 Å². The van der Waals surface area contributed by atoms with Gasteiger partial charge in [0.25, 0.3) is 0 Å². The Morgan fingerprint density at radius 3 is 2.26 bits per heavy atom. The number of aryl methyl sites for hydroxylation is 4. The molecule has 1 heterocycles. The third-order valence-electron chi connectivity index (χ3n) is 3.40. The van der Waals surface area contributed by atoms with Gasteiger partial charge in [-0.25, -0.2) is 4.98 Å². The summed E-state index contributed by atoms with van der Waals surface area (Å²) in [6.45, 7) is 9.22. The molecule has 0 unspecified atom stereocenters. The number of rotatable bonds is 3. The van der Waals surface area contributed by atoms with Crippen LogP contribution in [0.1, 0.15) is 27.8 Å². The van der Waals surface area contributed by atoms with Gasteiger partial charge in [-0.3, -0.25) is 0 Å². The molecule has 1 N–H and O–H groups in total. The summed E-state index contributed by atoms with van der Waals surface area (Å²) in [6.07, 6.45) is 1.73. The lowest BCUT2D eigenvalue weighted by Crippen LogP contribution is -2.06. The number of hydrogen-bond acceptors (Lipinski definition) is 2. The topological polar surface area (TPSA) is 24.9 Å². The highest BCUT2D eigenvalue weighted by molar-refractivity contribution is 6.32. The maximum absolute atomic E-state index is 6.13. The van der Waals surface area contributed by atoms with E-state index in [2.05, 4.69) is 43.2 Å². The Morgan fingerprint density at radius 1 is 1.05 bits per heavy atom. The molecule has 0 saturated carbocycles. The summed E-state index contributed by atoms with van der Waals surface area (Å²) in [7, 11) is 0. The third-order valence-corrected chi connectivity index (χ3v) is 3.68. The van der Waals surface area contributed by atoms with Crippen LogP contribution >= 0.6 is 11.6 Å². The van der Waals surface area contributed by atoms with E-state index in [1.165, 1.54) is 22.3 Å². The number of hydrogen-bond donors (Lipinski definition) is 1. The first kappa shape index (κ1) is 13.9. The van der Waals surface area contributed by atoms with Gasteiger partial charge in [0.2, 0.25) is 0 Å². The van der Waals surface area contributed by atoms with Crippen molar-refractivity contribution in [2.24, 2.45) is 0 Å². The molecule has 0 aliphatic heterocycles.